The highest BCUT2D eigenvalue weighted by Gasteiger charge is 2.03. The molecule has 4 heteroatoms. The average Bonchev–Trinajstić information content (AvgIpc) is 2.15. The Morgan fingerprint density at radius 3 is 2.36 bits per heavy atom. The number of carbonyl (C=O) groups excluding carboxylic acids is 1. The standard InChI is InChI=1S/C10H15N3O/c1-7(2)12-13-10(14)8-3-5-9(11)6-4-8/h3-7,12H,11H2,1-2H3,(H,13,14). The Morgan fingerprint density at radius 2 is 1.86 bits per heavy atom. The largest absolute Gasteiger partial charge is 0.399 e. The fraction of sp³-hybridized carbons (Fsp3) is 0.300. The highest BCUT2D eigenvalue weighted by Crippen LogP contribution is 2.04. The zero-order valence-corrected chi connectivity index (χ0v) is 8.37. The molecule has 4 nitrogen and oxygen atoms in total. The van der Waals surface area contributed by atoms with Gasteiger partial charge in [-0.15, -0.1) is 0 Å². The Kier molecular flexibility index (Phi) is 3.48. The normalized spacial score (nSPS) is 10.2. The SMILES string of the molecule is CC(C)NNC(=O)c1ccc(N)cc1. The van der Waals surface area contributed by atoms with Crippen molar-refractivity contribution in [2.24, 2.45) is 0 Å². The van der Waals surface area contributed by atoms with Gasteiger partial charge in [-0.05, 0) is 38.1 Å². The first-order valence-corrected chi connectivity index (χ1v) is 4.51. The van der Waals surface area contributed by atoms with Gasteiger partial charge in [0.05, 0.1) is 0 Å². The second-order valence-electron chi connectivity index (χ2n) is 3.38. The van der Waals surface area contributed by atoms with Crippen LogP contribution in [0.2, 0.25) is 0 Å². The quantitative estimate of drug-likeness (QED) is 0.494. The molecule has 0 saturated heterocycles. The van der Waals surface area contributed by atoms with Crippen molar-refractivity contribution in [1.82, 2.24) is 10.9 Å². The molecule has 0 heterocycles. The van der Waals surface area contributed by atoms with Gasteiger partial charge in [-0.25, -0.2) is 5.43 Å². The van der Waals surface area contributed by atoms with Gasteiger partial charge in [-0.2, -0.15) is 0 Å². The van der Waals surface area contributed by atoms with Crippen LogP contribution < -0.4 is 16.6 Å². The van der Waals surface area contributed by atoms with E-state index in [0.29, 0.717) is 11.3 Å². The minimum atomic E-state index is -0.154. The van der Waals surface area contributed by atoms with Gasteiger partial charge in [0.15, 0.2) is 0 Å². The summed E-state index contributed by atoms with van der Waals surface area (Å²) in [5, 5.41) is 0. The van der Waals surface area contributed by atoms with E-state index in [1.165, 1.54) is 0 Å². The Morgan fingerprint density at radius 1 is 1.29 bits per heavy atom. The first-order valence-electron chi connectivity index (χ1n) is 4.51. The lowest BCUT2D eigenvalue weighted by molar-refractivity contribution is 0.0927. The molecule has 0 radical (unpaired) electrons. The topological polar surface area (TPSA) is 67.1 Å². The summed E-state index contributed by atoms with van der Waals surface area (Å²) < 4.78 is 0. The maximum Gasteiger partial charge on any atom is 0.265 e. The highest BCUT2D eigenvalue weighted by atomic mass is 16.2. The smallest absolute Gasteiger partial charge is 0.265 e. The number of nitrogens with two attached hydrogens (primary N) is 1. The molecule has 14 heavy (non-hydrogen) atoms. The van der Waals surface area contributed by atoms with Gasteiger partial charge in [-0.1, -0.05) is 0 Å². The predicted molar refractivity (Wildman–Crippen MR) is 56.6 cm³/mol. The third-order valence-electron chi connectivity index (χ3n) is 1.65. The van der Waals surface area contributed by atoms with Crippen LogP contribution in [-0.2, 0) is 0 Å². The van der Waals surface area contributed by atoms with Crippen LogP contribution in [0.5, 0.6) is 0 Å². The minimum Gasteiger partial charge on any atom is -0.399 e. The molecule has 0 aromatic heterocycles. The molecule has 1 aromatic rings. The lowest BCUT2D eigenvalue weighted by atomic mass is 10.2. The number of carbonyl (C=O) groups is 1. The Bertz CT molecular complexity index is 306. The van der Waals surface area contributed by atoms with Crippen molar-refractivity contribution >= 4 is 11.6 Å². The summed E-state index contributed by atoms with van der Waals surface area (Å²) in [6, 6.07) is 6.99. The second kappa shape index (κ2) is 4.62. The van der Waals surface area contributed by atoms with Gasteiger partial charge < -0.3 is 5.73 Å². The first-order chi connectivity index (χ1) is 6.59. The summed E-state index contributed by atoms with van der Waals surface area (Å²) in [5.74, 6) is -0.154. The molecule has 1 amide bonds. The van der Waals surface area contributed by atoms with E-state index in [-0.39, 0.29) is 11.9 Å². The summed E-state index contributed by atoms with van der Waals surface area (Å²) in [6.45, 7) is 3.90. The van der Waals surface area contributed by atoms with E-state index in [4.69, 9.17) is 5.73 Å². The summed E-state index contributed by atoms with van der Waals surface area (Å²) in [7, 11) is 0. The average molecular weight is 193 g/mol. The van der Waals surface area contributed by atoms with Crippen LogP contribution in [0.1, 0.15) is 24.2 Å². The van der Waals surface area contributed by atoms with Crippen molar-refractivity contribution in [3.8, 4) is 0 Å². The molecule has 0 atom stereocenters. The molecule has 1 rings (SSSR count). The van der Waals surface area contributed by atoms with Gasteiger partial charge in [0.2, 0.25) is 0 Å². The molecule has 0 aliphatic carbocycles. The van der Waals surface area contributed by atoms with E-state index >= 15 is 0 Å². The zero-order valence-electron chi connectivity index (χ0n) is 8.37. The third kappa shape index (κ3) is 3.06. The molecule has 0 fully saturated rings. The fourth-order valence-corrected chi connectivity index (χ4v) is 0.917. The Hall–Kier alpha value is -1.55. The van der Waals surface area contributed by atoms with Crippen LogP contribution in [0.25, 0.3) is 0 Å². The lowest BCUT2D eigenvalue weighted by Gasteiger charge is -2.09. The van der Waals surface area contributed by atoms with E-state index in [9.17, 15) is 4.79 Å². The third-order valence-corrected chi connectivity index (χ3v) is 1.65. The van der Waals surface area contributed by atoms with Gasteiger partial charge in [-0.3, -0.25) is 10.2 Å². The van der Waals surface area contributed by atoms with E-state index in [1.54, 1.807) is 24.3 Å². The second-order valence-corrected chi connectivity index (χ2v) is 3.38. The molecule has 0 bridgehead atoms. The van der Waals surface area contributed by atoms with E-state index < -0.39 is 0 Å². The van der Waals surface area contributed by atoms with Crippen molar-refractivity contribution < 1.29 is 4.79 Å². The molecule has 0 unspecified atom stereocenters. The van der Waals surface area contributed by atoms with Crippen LogP contribution in [0.15, 0.2) is 24.3 Å². The maximum absolute atomic E-state index is 11.4. The monoisotopic (exact) mass is 193 g/mol. The summed E-state index contributed by atoms with van der Waals surface area (Å²) in [6.07, 6.45) is 0. The van der Waals surface area contributed by atoms with Crippen molar-refractivity contribution in [3.05, 3.63) is 29.8 Å². The predicted octanol–water partition coefficient (Wildman–Crippen LogP) is 0.912. The molecule has 76 valence electrons. The van der Waals surface area contributed by atoms with Crippen LogP contribution >= 0.6 is 0 Å². The first kappa shape index (κ1) is 10.5. The van der Waals surface area contributed by atoms with Gasteiger partial charge >= 0.3 is 0 Å². The van der Waals surface area contributed by atoms with Crippen LogP contribution in [0, 0.1) is 0 Å². The highest BCUT2D eigenvalue weighted by molar-refractivity contribution is 5.94. The summed E-state index contributed by atoms with van der Waals surface area (Å²) in [4.78, 5) is 11.4. The number of rotatable bonds is 3. The molecule has 0 aliphatic heterocycles. The molecular weight excluding hydrogens is 178 g/mol. The molecule has 0 saturated carbocycles. The number of benzene rings is 1. The molecule has 1 aromatic carbocycles. The molecule has 0 spiro atoms. The van der Waals surface area contributed by atoms with Crippen LogP contribution in [0.3, 0.4) is 0 Å². The Labute approximate surface area is 83.5 Å². The van der Waals surface area contributed by atoms with Crippen LogP contribution in [0.4, 0.5) is 5.69 Å². The Balaban J connectivity index is 2.57. The number of hydrogen-bond acceptors (Lipinski definition) is 3. The maximum atomic E-state index is 11.4. The summed E-state index contributed by atoms with van der Waals surface area (Å²) in [5.41, 5.74) is 12.2. The molecule has 0 aliphatic rings. The molecule has 4 N–H and O–H groups in total. The number of anilines is 1. The summed E-state index contributed by atoms with van der Waals surface area (Å²) >= 11 is 0. The van der Waals surface area contributed by atoms with Gasteiger partial charge in [0.25, 0.3) is 5.91 Å². The molecular formula is C10H15N3O. The van der Waals surface area contributed by atoms with Crippen molar-refractivity contribution in [2.75, 3.05) is 5.73 Å². The van der Waals surface area contributed by atoms with E-state index in [0.717, 1.165) is 0 Å². The number of nitrogen functional groups attached to an aromatic ring is 1. The number of hydrazine groups is 1. The van der Waals surface area contributed by atoms with E-state index in [1.807, 2.05) is 13.8 Å². The van der Waals surface area contributed by atoms with Crippen molar-refractivity contribution in [1.29, 1.82) is 0 Å². The number of amides is 1. The fourth-order valence-electron chi connectivity index (χ4n) is 0.917. The van der Waals surface area contributed by atoms with Gasteiger partial charge in [0.1, 0.15) is 0 Å². The number of nitrogens with one attached hydrogen (secondary N) is 2. The number of hydrogen-bond donors (Lipinski definition) is 3. The van der Waals surface area contributed by atoms with Crippen molar-refractivity contribution in [3.63, 3.8) is 0 Å². The lowest BCUT2D eigenvalue weighted by Crippen LogP contribution is -2.41. The van der Waals surface area contributed by atoms with Gasteiger partial charge in [0, 0.05) is 17.3 Å². The van der Waals surface area contributed by atoms with Crippen LogP contribution in [-0.4, -0.2) is 11.9 Å². The van der Waals surface area contributed by atoms with E-state index in [2.05, 4.69) is 10.9 Å². The van der Waals surface area contributed by atoms with Crippen molar-refractivity contribution in [2.45, 2.75) is 19.9 Å². The zero-order chi connectivity index (χ0) is 10.6. The minimum absolute atomic E-state index is 0.154.